The number of hydrogen-bond acceptors (Lipinski definition) is 3. The maximum absolute atomic E-state index is 8.88. The van der Waals surface area contributed by atoms with Crippen molar-refractivity contribution in [3.8, 4) is 11.8 Å². The number of benzene rings is 1. The SMILES string of the molecule is Cc1cc(C#N)cc(C)c1OC[C@@H]1CCCN1. The van der Waals surface area contributed by atoms with Gasteiger partial charge in [-0.05, 0) is 56.5 Å². The van der Waals surface area contributed by atoms with Gasteiger partial charge in [0.2, 0.25) is 0 Å². The molecule has 0 spiro atoms. The van der Waals surface area contributed by atoms with Gasteiger partial charge in [-0.25, -0.2) is 0 Å². The highest BCUT2D eigenvalue weighted by Crippen LogP contribution is 2.25. The average molecular weight is 230 g/mol. The van der Waals surface area contributed by atoms with E-state index in [1.165, 1.54) is 12.8 Å². The molecule has 2 rings (SSSR count). The smallest absolute Gasteiger partial charge is 0.125 e. The molecule has 1 aromatic rings. The van der Waals surface area contributed by atoms with E-state index in [-0.39, 0.29) is 0 Å². The lowest BCUT2D eigenvalue weighted by molar-refractivity contribution is 0.274. The quantitative estimate of drug-likeness (QED) is 0.866. The van der Waals surface area contributed by atoms with Gasteiger partial charge in [0, 0.05) is 6.04 Å². The van der Waals surface area contributed by atoms with E-state index >= 15 is 0 Å². The Hall–Kier alpha value is -1.53. The van der Waals surface area contributed by atoms with Gasteiger partial charge in [0.05, 0.1) is 11.6 Å². The fourth-order valence-corrected chi connectivity index (χ4v) is 2.33. The molecular formula is C14H18N2O. The van der Waals surface area contributed by atoms with E-state index in [1.807, 2.05) is 26.0 Å². The predicted octanol–water partition coefficient (Wildman–Crippen LogP) is 2.31. The standard InChI is InChI=1S/C14H18N2O/c1-10-6-12(8-15)7-11(2)14(10)17-9-13-4-3-5-16-13/h6-7,13,16H,3-5,9H2,1-2H3/t13-/m0/s1. The molecule has 3 nitrogen and oxygen atoms in total. The van der Waals surface area contributed by atoms with Crippen molar-refractivity contribution in [3.05, 3.63) is 28.8 Å². The molecule has 0 aliphatic carbocycles. The first-order valence-corrected chi connectivity index (χ1v) is 6.08. The minimum absolute atomic E-state index is 0.476. The summed E-state index contributed by atoms with van der Waals surface area (Å²) >= 11 is 0. The first-order valence-electron chi connectivity index (χ1n) is 6.08. The van der Waals surface area contributed by atoms with E-state index in [4.69, 9.17) is 10.00 Å². The van der Waals surface area contributed by atoms with E-state index in [0.29, 0.717) is 18.2 Å². The Bertz CT molecular complexity index is 419. The van der Waals surface area contributed by atoms with Crippen LogP contribution >= 0.6 is 0 Å². The van der Waals surface area contributed by atoms with Gasteiger partial charge < -0.3 is 10.1 Å². The van der Waals surface area contributed by atoms with Crippen molar-refractivity contribution in [1.82, 2.24) is 5.32 Å². The molecule has 0 bridgehead atoms. The lowest BCUT2D eigenvalue weighted by atomic mass is 10.1. The summed E-state index contributed by atoms with van der Waals surface area (Å²) in [5.74, 6) is 0.928. The second-order valence-electron chi connectivity index (χ2n) is 4.66. The Kier molecular flexibility index (Phi) is 3.65. The molecule has 1 heterocycles. The largest absolute Gasteiger partial charge is 0.491 e. The topological polar surface area (TPSA) is 45.0 Å². The Balaban J connectivity index is 2.07. The number of rotatable bonds is 3. The Morgan fingerprint density at radius 2 is 2.12 bits per heavy atom. The second kappa shape index (κ2) is 5.20. The summed E-state index contributed by atoms with van der Waals surface area (Å²) < 4.78 is 5.88. The van der Waals surface area contributed by atoms with Gasteiger partial charge in [-0.1, -0.05) is 0 Å². The molecule has 1 N–H and O–H groups in total. The van der Waals surface area contributed by atoms with E-state index in [1.54, 1.807) is 0 Å². The Morgan fingerprint density at radius 1 is 1.41 bits per heavy atom. The van der Waals surface area contributed by atoms with Gasteiger partial charge in [-0.3, -0.25) is 0 Å². The number of nitrogens with zero attached hydrogens (tertiary/aromatic N) is 1. The molecule has 0 amide bonds. The van der Waals surface area contributed by atoms with Crippen LogP contribution in [0.15, 0.2) is 12.1 Å². The number of nitriles is 1. The fraction of sp³-hybridized carbons (Fsp3) is 0.500. The van der Waals surface area contributed by atoms with Crippen molar-refractivity contribution in [3.63, 3.8) is 0 Å². The van der Waals surface area contributed by atoms with Gasteiger partial charge >= 0.3 is 0 Å². The normalized spacial score (nSPS) is 19.0. The molecule has 1 aliphatic rings. The van der Waals surface area contributed by atoms with Crippen LogP contribution in [0.1, 0.15) is 29.5 Å². The van der Waals surface area contributed by atoms with Crippen molar-refractivity contribution < 1.29 is 4.74 Å². The Labute approximate surface area is 102 Å². The van der Waals surface area contributed by atoms with Crippen LogP contribution in [0.5, 0.6) is 5.75 Å². The van der Waals surface area contributed by atoms with Crippen molar-refractivity contribution in [1.29, 1.82) is 5.26 Å². The number of aryl methyl sites for hydroxylation is 2. The van der Waals surface area contributed by atoms with Crippen molar-refractivity contribution >= 4 is 0 Å². The molecule has 90 valence electrons. The zero-order chi connectivity index (χ0) is 12.3. The summed E-state index contributed by atoms with van der Waals surface area (Å²) in [5, 5.41) is 12.3. The predicted molar refractivity (Wildman–Crippen MR) is 67.2 cm³/mol. The summed E-state index contributed by atoms with van der Waals surface area (Å²) in [6.45, 7) is 5.80. The minimum atomic E-state index is 0.476. The highest BCUT2D eigenvalue weighted by molar-refractivity contribution is 5.47. The van der Waals surface area contributed by atoms with Crippen LogP contribution in [0.2, 0.25) is 0 Å². The first-order chi connectivity index (χ1) is 8.20. The average Bonchev–Trinajstić information content (AvgIpc) is 2.80. The summed E-state index contributed by atoms with van der Waals surface area (Å²) in [6.07, 6.45) is 2.42. The van der Waals surface area contributed by atoms with E-state index in [9.17, 15) is 0 Å². The van der Waals surface area contributed by atoms with Gasteiger partial charge in [-0.2, -0.15) is 5.26 Å². The van der Waals surface area contributed by atoms with Crippen LogP contribution in [-0.2, 0) is 0 Å². The van der Waals surface area contributed by atoms with E-state index in [0.717, 1.165) is 23.4 Å². The third-order valence-corrected chi connectivity index (χ3v) is 3.18. The van der Waals surface area contributed by atoms with Crippen molar-refractivity contribution in [2.45, 2.75) is 32.7 Å². The third-order valence-electron chi connectivity index (χ3n) is 3.18. The second-order valence-corrected chi connectivity index (χ2v) is 4.66. The first kappa shape index (κ1) is 11.9. The molecule has 0 radical (unpaired) electrons. The third kappa shape index (κ3) is 2.78. The molecule has 1 aromatic carbocycles. The van der Waals surface area contributed by atoms with Gasteiger partial charge in [-0.15, -0.1) is 0 Å². The molecule has 1 atom stereocenters. The molecule has 0 saturated carbocycles. The summed E-state index contributed by atoms with van der Waals surface area (Å²) in [6, 6.07) is 6.40. The number of ether oxygens (including phenoxy) is 1. The molecule has 0 unspecified atom stereocenters. The summed E-state index contributed by atoms with van der Waals surface area (Å²) in [7, 11) is 0. The fourth-order valence-electron chi connectivity index (χ4n) is 2.33. The van der Waals surface area contributed by atoms with Crippen LogP contribution in [0.25, 0.3) is 0 Å². The zero-order valence-corrected chi connectivity index (χ0v) is 10.4. The van der Waals surface area contributed by atoms with E-state index < -0.39 is 0 Å². The molecule has 0 aromatic heterocycles. The molecule has 3 heteroatoms. The maximum Gasteiger partial charge on any atom is 0.125 e. The molecule has 1 aliphatic heterocycles. The highest BCUT2D eigenvalue weighted by Gasteiger charge is 2.15. The van der Waals surface area contributed by atoms with Gasteiger partial charge in [0.25, 0.3) is 0 Å². The number of hydrogen-bond donors (Lipinski definition) is 1. The van der Waals surface area contributed by atoms with Gasteiger partial charge in [0.15, 0.2) is 0 Å². The summed E-state index contributed by atoms with van der Waals surface area (Å²) in [4.78, 5) is 0. The number of nitrogens with one attached hydrogen (secondary N) is 1. The Morgan fingerprint density at radius 3 is 2.65 bits per heavy atom. The molecule has 1 fully saturated rings. The van der Waals surface area contributed by atoms with Crippen molar-refractivity contribution in [2.24, 2.45) is 0 Å². The van der Waals surface area contributed by atoms with Crippen molar-refractivity contribution in [2.75, 3.05) is 13.2 Å². The zero-order valence-electron chi connectivity index (χ0n) is 10.4. The lowest BCUT2D eigenvalue weighted by Gasteiger charge is -2.16. The van der Waals surface area contributed by atoms with Crippen LogP contribution in [-0.4, -0.2) is 19.2 Å². The lowest BCUT2D eigenvalue weighted by Crippen LogP contribution is -2.28. The molecule has 1 saturated heterocycles. The van der Waals surface area contributed by atoms with Gasteiger partial charge in [0.1, 0.15) is 12.4 Å². The minimum Gasteiger partial charge on any atom is -0.491 e. The maximum atomic E-state index is 8.88. The van der Waals surface area contributed by atoms with Crippen LogP contribution in [0, 0.1) is 25.2 Å². The molecular weight excluding hydrogens is 212 g/mol. The van der Waals surface area contributed by atoms with Crippen LogP contribution < -0.4 is 10.1 Å². The molecule has 17 heavy (non-hydrogen) atoms. The monoisotopic (exact) mass is 230 g/mol. The summed E-state index contributed by atoms with van der Waals surface area (Å²) in [5.41, 5.74) is 2.78. The van der Waals surface area contributed by atoms with Crippen LogP contribution in [0.4, 0.5) is 0 Å². The van der Waals surface area contributed by atoms with Crippen LogP contribution in [0.3, 0.4) is 0 Å². The van der Waals surface area contributed by atoms with E-state index in [2.05, 4.69) is 11.4 Å². The highest BCUT2D eigenvalue weighted by atomic mass is 16.5.